The van der Waals surface area contributed by atoms with Crippen LogP contribution in [-0.4, -0.2) is 53.4 Å². The Morgan fingerprint density at radius 2 is 1.03 bits per heavy atom. The minimum absolute atomic E-state index is 0.211. The Hall–Kier alpha value is -7.46. The number of carbonyl (C=O) groups is 6. The van der Waals surface area contributed by atoms with E-state index >= 15 is 0 Å². The highest BCUT2D eigenvalue weighted by molar-refractivity contribution is 6.34. The standard InChI is InChI=1S/C41H30N2O7.C11H16O/c1-4-41(2,3)43-38(47)33-20-14-29(22-35(33)39(43)48)28-13-19-32-34(21-28)37(46)42(36(32)45)30-15-17-31(18-16-30)50-40(49)27-11-9-26(10-12-27)25-7-5-24(23-44)6-8-25;1-11(2,3)9-5-7-10(12-4)8-6-9/h5-23H,4H2,1-3H3;5-8H,1-4H3. The van der Waals surface area contributed by atoms with Crippen LogP contribution in [0.1, 0.15) is 116 Å². The van der Waals surface area contributed by atoms with Crippen LogP contribution in [0.5, 0.6) is 11.5 Å². The van der Waals surface area contributed by atoms with Crippen molar-refractivity contribution in [3.05, 3.63) is 172 Å². The molecule has 62 heavy (non-hydrogen) atoms. The first-order valence-electron chi connectivity index (χ1n) is 20.2. The average Bonchev–Trinajstić information content (AvgIpc) is 3.69. The molecule has 4 amide bonds. The van der Waals surface area contributed by atoms with Crippen molar-refractivity contribution in [1.82, 2.24) is 4.90 Å². The Morgan fingerprint density at radius 1 is 0.565 bits per heavy atom. The number of carbonyl (C=O) groups excluding carboxylic acids is 6. The molecule has 0 spiro atoms. The third-order valence-corrected chi connectivity index (χ3v) is 11.3. The van der Waals surface area contributed by atoms with Gasteiger partial charge in [-0.25, -0.2) is 9.69 Å². The highest BCUT2D eigenvalue weighted by Crippen LogP contribution is 2.36. The van der Waals surface area contributed by atoms with E-state index in [0.29, 0.717) is 45.5 Å². The van der Waals surface area contributed by atoms with Gasteiger partial charge in [0.1, 0.15) is 17.8 Å². The Kier molecular flexibility index (Phi) is 11.6. The summed E-state index contributed by atoms with van der Waals surface area (Å²) in [4.78, 5) is 79.4. The minimum atomic E-state index is -0.641. The number of fused-ring (bicyclic) bond motifs is 2. The summed E-state index contributed by atoms with van der Waals surface area (Å²) < 4.78 is 10.6. The maximum absolute atomic E-state index is 13.6. The lowest BCUT2D eigenvalue weighted by Crippen LogP contribution is -2.47. The van der Waals surface area contributed by atoms with Crippen molar-refractivity contribution in [2.75, 3.05) is 12.0 Å². The van der Waals surface area contributed by atoms with E-state index < -0.39 is 23.3 Å². The number of methoxy groups -OCH3 is 1. The number of nitrogens with zero attached hydrogens (tertiary/aromatic N) is 2. The van der Waals surface area contributed by atoms with Crippen molar-refractivity contribution in [1.29, 1.82) is 0 Å². The van der Waals surface area contributed by atoms with E-state index in [9.17, 15) is 28.8 Å². The molecule has 0 fully saturated rings. The Morgan fingerprint density at radius 3 is 1.55 bits per heavy atom. The van der Waals surface area contributed by atoms with Crippen LogP contribution in [0.15, 0.2) is 133 Å². The van der Waals surface area contributed by atoms with Crippen molar-refractivity contribution in [2.24, 2.45) is 0 Å². The van der Waals surface area contributed by atoms with Crippen LogP contribution in [0, 0.1) is 0 Å². The predicted molar refractivity (Wildman–Crippen MR) is 238 cm³/mol. The van der Waals surface area contributed by atoms with Crippen LogP contribution in [0.4, 0.5) is 5.69 Å². The molecule has 0 saturated heterocycles. The van der Waals surface area contributed by atoms with E-state index in [1.165, 1.54) is 34.7 Å². The second kappa shape index (κ2) is 16.9. The highest BCUT2D eigenvalue weighted by Gasteiger charge is 2.43. The van der Waals surface area contributed by atoms with Crippen molar-refractivity contribution < 1.29 is 38.2 Å². The van der Waals surface area contributed by atoms with Crippen LogP contribution >= 0.6 is 0 Å². The number of hydrogen-bond acceptors (Lipinski definition) is 8. The van der Waals surface area contributed by atoms with E-state index in [1.807, 2.05) is 45.0 Å². The van der Waals surface area contributed by atoms with Gasteiger partial charge in [0.25, 0.3) is 23.6 Å². The first kappa shape index (κ1) is 42.7. The van der Waals surface area contributed by atoms with Gasteiger partial charge >= 0.3 is 5.97 Å². The van der Waals surface area contributed by atoms with Gasteiger partial charge in [-0.05, 0) is 126 Å². The maximum Gasteiger partial charge on any atom is 0.343 e. The number of aldehydes is 1. The number of amides is 4. The summed E-state index contributed by atoms with van der Waals surface area (Å²) in [5, 5.41) is 0. The number of anilines is 1. The number of rotatable bonds is 9. The van der Waals surface area contributed by atoms with E-state index in [4.69, 9.17) is 9.47 Å². The van der Waals surface area contributed by atoms with Gasteiger partial charge < -0.3 is 9.47 Å². The third-order valence-electron chi connectivity index (χ3n) is 11.3. The lowest BCUT2D eigenvalue weighted by atomic mass is 9.87. The summed E-state index contributed by atoms with van der Waals surface area (Å²) in [5.41, 5.74) is 6.26. The smallest absolute Gasteiger partial charge is 0.343 e. The quantitative estimate of drug-likeness (QED) is 0.0610. The lowest BCUT2D eigenvalue weighted by molar-refractivity contribution is 0.0473. The fraction of sp³-hybridized carbons (Fsp3) is 0.192. The first-order chi connectivity index (χ1) is 29.5. The monoisotopic (exact) mass is 826 g/mol. The van der Waals surface area contributed by atoms with Crippen molar-refractivity contribution in [2.45, 2.75) is 58.9 Å². The topological polar surface area (TPSA) is 127 Å². The molecule has 8 rings (SSSR count). The third kappa shape index (κ3) is 8.32. The Balaban J connectivity index is 0.000000417. The molecule has 0 saturated carbocycles. The number of benzene rings is 6. The molecule has 2 heterocycles. The number of ether oxygens (including phenoxy) is 2. The van der Waals surface area contributed by atoms with Gasteiger partial charge in [0.2, 0.25) is 0 Å². The molecule has 0 radical (unpaired) electrons. The minimum Gasteiger partial charge on any atom is -0.497 e. The molecule has 0 aromatic heterocycles. The summed E-state index contributed by atoms with van der Waals surface area (Å²) in [5.74, 6) is -1.12. The molecular formula is C52H46N2O8. The van der Waals surface area contributed by atoms with E-state index in [-0.39, 0.29) is 34.1 Å². The molecule has 0 bridgehead atoms. The van der Waals surface area contributed by atoms with Gasteiger partial charge in [-0.3, -0.25) is 28.9 Å². The van der Waals surface area contributed by atoms with Crippen LogP contribution < -0.4 is 14.4 Å². The van der Waals surface area contributed by atoms with Crippen molar-refractivity contribution >= 4 is 41.6 Å². The summed E-state index contributed by atoms with van der Waals surface area (Å²) in [6.45, 7) is 12.2. The number of esters is 1. The van der Waals surface area contributed by atoms with Crippen molar-refractivity contribution in [3.8, 4) is 33.8 Å². The highest BCUT2D eigenvalue weighted by atomic mass is 16.5. The van der Waals surface area contributed by atoms with Gasteiger partial charge in [-0.2, -0.15) is 0 Å². The van der Waals surface area contributed by atoms with Crippen LogP contribution in [0.2, 0.25) is 0 Å². The van der Waals surface area contributed by atoms with Gasteiger partial charge in [0.15, 0.2) is 0 Å². The fourth-order valence-electron chi connectivity index (χ4n) is 7.26. The second-order valence-corrected chi connectivity index (χ2v) is 16.8. The van der Waals surface area contributed by atoms with Crippen LogP contribution in [-0.2, 0) is 5.41 Å². The van der Waals surface area contributed by atoms with Crippen LogP contribution in [0.3, 0.4) is 0 Å². The molecule has 0 unspecified atom stereocenters. The van der Waals surface area contributed by atoms with Gasteiger partial charge in [0.05, 0.1) is 40.6 Å². The summed E-state index contributed by atoms with van der Waals surface area (Å²) in [6.07, 6.45) is 1.38. The molecule has 10 nitrogen and oxygen atoms in total. The molecule has 0 atom stereocenters. The zero-order valence-electron chi connectivity index (χ0n) is 35.6. The predicted octanol–water partition coefficient (Wildman–Crippen LogP) is 10.6. The second-order valence-electron chi connectivity index (χ2n) is 16.8. The summed E-state index contributed by atoms with van der Waals surface area (Å²) in [7, 11) is 1.69. The van der Waals surface area contributed by atoms with E-state index in [1.54, 1.807) is 79.9 Å². The SMILES string of the molecule is CCC(C)(C)N1C(=O)c2ccc(-c3ccc4c(c3)C(=O)N(c3ccc(OC(=O)c5ccc(-c6ccc(C=O)cc6)cc5)cc3)C4=O)cc2C1=O.COc1ccc(C(C)(C)C)cc1. The molecule has 0 aliphatic carbocycles. The lowest BCUT2D eigenvalue weighted by Gasteiger charge is -2.32. The normalized spacial score (nSPS) is 13.3. The van der Waals surface area contributed by atoms with Crippen LogP contribution in [0.25, 0.3) is 22.3 Å². The molecular weight excluding hydrogens is 781 g/mol. The fourth-order valence-corrected chi connectivity index (χ4v) is 7.26. The zero-order valence-corrected chi connectivity index (χ0v) is 35.6. The Labute approximate surface area is 360 Å². The van der Waals surface area contributed by atoms with E-state index in [0.717, 1.165) is 28.1 Å². The zero-order chi connectivity index (χ0) is 44.5. The molecule has 0 N–H and O–H groups in total. The molecule has 6 aromatic rings. The van der Waals surface area contributed by atoms with Gasteiger partial charge in [0, 0.05) is 11.1 Å². The van der Waals surface area contributed by atoms with Gasteiger partial charge in [-0.15, -0.1) is 0 Å². The molecule has 312 valence electrons. The van der Waals surface area contributed by atoms with Crippen molar-refractivity contribution in [3.63, 3.8) is 0 Å². The maximum atomic E-state index is 13.6. The first-order valence-corrected chi connectivity index (χ1v) is 20.2. The van der Waals surface area contributed by atoms with E-state index in [2.05, 4.69) is 32.9 Å². The molecule has 10 heteroatoms. The number of imide groups is 2. The Bertz CT molecular complexity index is 2730. The summed E-state index contributed by atoms with van der Waals surface area (Å²) >= 11 is 0. The molecule has 2 aliphatic rings. The largest absolute Gasteiger partial charge is 0.497 e. The molecule has 2 aliphatic heterocycles. The molecule has 6 aromatic carbocycles. The average molecular weight is 827 g/mol. The van der Waals surface area contributed by atoms with Gasteiger partial charge in [-0.1, -0.05) is 88.4 Å². The summed E-state index contributed by atoms with van der Waals surface area (Å²) in [6, 6.07) is 38.2. The number of hydrogen-bond donors (Lipinski definition) is 0.